The summed E-state index contributed by atoms with van der Waals surface area (Å²) in [5, 5.41) is 6.83. The van der Waals surface area contributed by atoms with Gasteiger partial charge in [-0.05, 0) is 38.1 Å². The Labute approximate surface area is 121 Å². The van der Waals surface area contributed by atoms with Crippen molar-refractivity contribution in [2.75, 3.05) is 6.61 Å². The van der Waals surface area contributed by atoms with E-state index in [2.05, 4.69) is 15.4 Å². The number of nitrogens with zero attached hydrogens (tertiary/aromatic N) is 3. The molecule has 0 radical (unpaired) electrons. The summed E-state index contributed by atoms with van der Waals surface area (Å²) >= 11 is 0. The highest BCUT2D eigenvalue weighted by molar-refractivity contribution is 5.77. The molecule has 0 bridgehead atoms. The minimum atomic E-state index is -0.348. The summed E-state index contributed by atoms with van der Waals surface area (Å²) in [6.07, 6.45) is 1.45. The molecule has 1 aromatic heterocycles. The van der Waals surface area contributed by atoms with Crippen LogP contribution in [0.15, 0.2) is 30.6 Å². The highest BCUT2D eigenvalue weighted by atomic mass is 19.1. The lowest BCUT2D eigenvalue weighted by Gasteiger charge is -2.14. The molecule has 112 valence electrons. The van der Waals surface area contributed by atoms with Crippen molar-refractivity contribution >= 4 is 5.91 Å². The standard InChI is InChI=1S/C14H17FN4O2/c1-3-19-14(16-9-17-19)10(2)18-13(20)8-21-12-6-4-11(15)5-7-12/h4-7,9-10H,3,8H2,1-2H3,(H,18,20)/t10-/m1/s1. The Balaban J connectivity index is 1.85. The molecule has 1 amide bonds. The quantitative estimate of drug-likeness (QED) is 0.879. The van der Waals surface area contributed by atoms with Crippen molar-refractivity contribution in [3.8, 4) is 5.75 Å². The third-order valence-corrected chi connectivity index (χ3v) is 2.89. The van der Waals surface area contributed by atoms with Crippen LogP contribution in [0.1, 0.15) is 25.7 Å². The van der Waals surface area contributed by atoms with Crippen LogP contribution < -0.4 is 10.1 Å². The predicted molar refractivity (Wildman–Crippen MR) is 74.1 cm³/mol. The van der Waals surface area contributed by atoms with Crippen molar-refractivity contribution in [3.63, 3.8) is 0 Å². The Kier molecular flexibility index (Phi) is 4.86. The summed E-state index contributed by atoms with van der Waals surface area (Å²) in [5.41, 5.74) is 0. The topological polar surface area (TPSA) is 69.0 Å². The van der Waals surface area contributed by atoms with E-state index >= 15 is 0 Å². The molecule has 0 aliphatic rings. The van der Waals surface area contributed by atoms with E-state index in [9.17, 15) is 9.18 Å². The highest BCUT2D eigenvalue weighted by Gasteiger charge is 2.15. The van der Waals surface area contributed by atoms with Gasteiger partial charge in [0.25, 0.3) is 5.91 Å². The van der Waals surface area contributed by atoms with Gasteiger partial charge in [0.15, 0.2) is 6.61 Å². The first-order valence-electron chi connectivity index (χ1n) is 6.65. The van der Waals surface area contributed by atoms with Crippen molar-refractivity contribution in [2.24, 2.45) is 0 Å². The lowest BCUT2D eigenvalue weighted by molar-refractivity contribution is -0.123. The van der Waals surface area contributed by atoms with Gasteiger partial charge in [-0.1, -0.05) is 0 Å². The third-order valence-electron chi connectivity index (χ3n) is 2.89. The van der Waals surface area contributed by atoms with Crippen molar-refractivity contribution in [1.29, 1.82) is 0 Å². The Hall–Kier alpha value is -2.44. The Bertz CT molecular complexity index is 597. The van der Waals surface area contributed by atoms with E-state index < -0.39 is 0 Å². The van der Waals surface area contributed by atoms with E-state index in [0.29, 0.717) is 18.1 Å². The number of benzene rings is 1. The van der Waals surface area contributed by atoms with Crippen LogP contribution in [0.2, 0.25) is 0 Å². The molecule has 6 nitrogen and oxygen atoms in total. The van der Waals surface area contributed by atoms with Gasteiger partial charge in [0.05, 0.1) is 6.04 Å². The molecule has 21 heavy (non-hydrogen) atoms. The molecule has 0 saturated carbocycles. The zero-order valence-electron chi connectivity index (χ0n) is 11.9. The van der Waals surface area contributed by atoms with E-state index in [-0.39, 0.29) is 24.4 Å². The molecule has 0 unspecified atom stereocenters. The van der Waals surface area contributed by atoms with Gasteiger partial charge >= 0.3 is 0 Å². The lowest BCUT2D eigenvalue weighted by Crippen LogP contribution is -2.32. The summed E-state index contributed by atoms with van der Waals surface area (Å²) in [7, 11) is 0. The van der Waals surface area contributed by atoms with Gasteiger partial charge in [0.2, 0.25) is 0 Å². The van der Waals surface area contributed by atoms with E-state index in [1.807, 2.05) is 13.8 Å². The lowest BCUT2D eigenvalue weighted by atomic mass is 10.3. The van der Waals surface area contributed by atoms with E-state index in [1.54, 1.807) is 4.68 Å². The van der Waals surface area contributed by atoms with Gasteiger partial charge in [-0.25, -0.2) is 14.1 Å². The fourth-order valence-electron chi connectivity index (χ4n) is 1.88. The summed E-state index contributed by atoms with van der Waals surface area (Å²) in [5.74, 6) is 0.500. The van der Waals surface area contributed by atoms with Crippen LogP contribution in [-0.4, -0.2) is 27.3 Å². The number of aryl methyl sites for hydroxylation is 1. The van der Waals surface area contributed by atoms with Crippen molar-refractivity contribution in [3.05, 3.63) is 42.2 Å². The van der Waals surface area contributed by atoms with Crippen molar-refractivity contribution in [1.82, 2.24) is 20.1 Å². The third kappa shape index (κ3) is 4.01. The molecule has 1 heterocycles. The summed E-state index contributed by atoms with van der Waals surface area (Å²) in [4.78, 5) is 15.9. The van der Waals surface area contributed by atoms with E-state index in [1.165, 1.54) is 30.6 Å². The Morgan fingerprint density at radius 1 is 1.43 bits per heavy atom. The minimum Gasteiger partial charge on any atom is -0.484 e. The molecule has 0 aliphatic carbocycles. The average Bonchev–Trinajstić information content (AvgIpc) is 2.95. The maximum absolute atomic E-state index is 12.7. The molecule has 1 atom stereocenters. The van der Waals surface area contributed by atoms with E-state index in [0.717, 1.165) is 0 Å². The van der Waals surface area contributed by atoms with Gasteiger partial charge in [-0.15, -0.1) is 0 Å². The predicted octanol–water partition coefficient (Wildman–Crippen LogP) is 1.69. The second-order valence-electron chi connectivity index (χ2n) is 4.47. The molecule has 0 saturated heterocycles. The number of nitrogens with one attached hydrogen (secondary N) is 1. The van der Waals surface area contributed by atoms with Crippen LogP contribution in [-0.2, 0) is 11.3 Å². The fraction of sp³-hybridized carbons (Fsp3) is 0.357. The number of aromatic nitrogens is 3. The van der Waals surface area contributed by atoms with Crippen LogP contribution in [0.4, 0.5) is 4.39 Å². The largest absolute Gasteiger partial charge is 0.484 e. The Morgan fingerprint density at radius 3 is 2.81 bits per heavy atom. The molecule has 0 spiro atoms. The van der Waals surface area contributed by atoms with Crippen LogP contribution in [0.25, 0.3) is 0 Å². The second-order valence-corrected chi connectivity index (χ2v) is 4.47. The van der Waals surface area contributed by atoms with Gasteiger partial charge in [0.1, 0.15) is 23.7 Å². The molecule has 1 N–H and O–H groups in total. The van der Waals surface area contributed by atoms with Gasteiger partial charge in [-0.2, -0.15) is 5.10 Å². The van der Waals surface area contributed by atoms with Crippen LogP contribution in [0, 0.1) is 5.82 Å². The number of halogens is 1. The molecule has 1 aromatic carbocycles. The second kappa shape index (κ2) is 6.83. The molecular weight excluding hydrogens is 275 g/mol. The van der Waals surface area contributed by atoms with Crippen LogP contribution >= 0.6 is 0 Å². The monoisotopic (exact) mass is 292 g/mol. The molecule has 2 aromatic rings. The molecule has 0 aliphatic heterocycles. The van der Waals surface area contributed by atoms with Crippen molar-refractivity contribution < 1.29 is 13.9 Å². The smallest absolute Gasteiger partial charge is 0.258 e. The zero-order chi connectivity index (χ0) is 15.2. The SMILES string of the molecule is CCn1ncnc1[C@@H](C)NC(=O)COc1ccc(F)cc1. The molecule has 2 rings (SSSR count). The molecule has 0 fully saturated rings. The first kappa shape index (κ1) is 15.0. The average molecular weight is 292 g/mol. The first-order chi connectivity index (χ1) is 10.1. The highest BCUT2D eigenvalue weighted by Crippen LogP contribution is 2.11. The fourth-order valence-corrected chi connectivity index (χ4v) is 1.88. The normalized spacial score (nSPS) is 12.0. The van der Waals surface area contributed by atoms with Gasteiger partial charge < -0.3 is 10.1 Å². The Morgan fingerprint density at radius 2 is 2.14 bits per heavy atom. The summed E-state index contributed by atoms with van der Waals surface area (Å²) in [6.45, 7) is 4.31. The molecular formula is C14H17FN4O2. The zero-order valence-corrected chi connectivity index (χ0v) is 11.9. The number of hydrogen-bond acceptors (Lipinski definition) is 4. The maximum Gasteiger partial charge on any atom is 0.258 e. The minimum absolute atomic E-state index is 0.143. The van der Waals surface area contributed by atoms with E-state index in [4.69, 9.17) is 4.74 Å². The first-order valence-corrected chi connectivity index (χ1v) is 6.65. The van der Waals surface area contributed by atoms with Crippen molar-refractivity contribution in [2.45, 2.75) is 26.4 Å². The number of amides is 1. The van der Waals surface area contributed by atoms with Crippen LogP contribution in [0.3, 0.4) is 0 Å². The summed E-state index contributed by atoms with van der Waals surface area (Å²) < 4.78 is 19.7. The van der Waals surface area contributed by atoms with Crippen LogP contribution in [0.5, 0.6) is 5.75 Å². The summed E-state index contributed by atoms with van der Waals surface area (Å²) in [6, 6.07) is 5.23. The number of hydrogen-bond donors (Lipinski definition) is 1. The number of rotatable bonds is 6. The van der Waals surface area contributed by atoms with Gasteiger partial charge in [-0.3, -0.25) is 4.79 Å². The number of carbonyl (C=O) groups is 1. The maximum atomic E-state index is 12.7. The van der Waals surface area contributed by atoms with Gasteiger partial charge in [0, 0.05) is 6.54 Å². The molecule has 7 heteroatoms. The number of carbonyl (C=O) groups excluding carboxylic acids is 1. The number of ether oxygens (including phenoxy) is 1.